The van der Waals surface area contributed by atoms with E-state index >= 15 is 0 Å². The van der Waals surface area contributed by atoms with E-state index in [4.69, 9.17) is 4.74 Å². The molecule has 0 radical (unpaired) electrons. The number of anilines is 1. The van der Waals surface area contributed by atoms with Gasteiger partial charge in [-0.1, -0.05) is 12.1 Å². The predicted molar refractivity (Wildman–Crippen MR) is 88.2 cm³/mol. The molecule has 1 amide bonds. The number of phenols is 1. The Kier molecular flexibility index (Phi) is 5.25. The van der Waals surface area contributed by atoms with Crippen molar-refractivity contribution < 1.29 is 23.4 Å². The number of hydrogen-bond acceptors (Lipinski definition) is 4. The molecule has 1 heterocycles. The molecule has 5 nitrogen and oxygen atoms in total. The van der Waals surface area contributed by atoms with Gasteiger partial charge in [0.1, 0.15) is 17.4 Å². The van der Waals surface area contributed by atoms with Gasteiger partial charge in [0, 0.05) is 19.2 Å². The highest BCUT2D eigenvalue weighted by Crippen LogP contribution is 2.25. The molecule has 1 aliphatic heterocycles. The van der Waals surface area contributed by atoms with Crippen LogP contribution in [0.5, 0.6) is 5.75 Å². The van der Waals surface area contributed by atoms with Gasteiger partial charge in [-0.25, -0.2) is 8.78 Å². The van der Waals surface area contributed by atoms with E-state index in [1.165, 1.54) is 6.07 Å². The third-order valence-electron chi connectivity index (χ3n) is 3.97. The Labute approximate surface area is 143 Å². The second kappa shape index (κ2) is 7.58. The summed E-state index contributed by atoms with van der Waals surface area (Å²) in [6.45, 7) is 1.55. The van der Waals surface area contributed by atoms with Crippen LogP contribution in [-0.4, -0.2) is 42.2 Å². The van der Waals surface area contributed by atoms with Crippen molar-refractivity contribution in [3.63, 3.8) is 0 Å². The number of carbonyl (C=O) groups excluding carboxylic acids is 1. The molecule has 1 aliphatic rings. The number of carbonyl (C=O) groups is 1. The van der Waals surface area contributed by atoms with Gasteiger partial charge in [0.15, 0.2) is 0 Å². The van der Waals surface area contributed by atoms with Gasteiger partial charge in [-0.05, 0) is 29.8 Å². The largest absolute Gasteiger partial charge is 0.508 e. The summed E-state index contributed by atoms with van der Waals surface area (Å²) in [5.74, 6) is -1.74. The molecule has 1 fully saturated rings. The van der Waals surface area contributed by atoms with Crippen LogP contribution < -0.4 is 5.32 Å². The summed E-state index contributed by atoms with van der Waals surface area (Å²) in [4.78, 5) is 14.0. The highest BCUT2D eigenvalue weighted by Gasteiger charge is 2.24. The van der Waals surface area contributed by atoms with Crippen molar-refractivity contribution in [2.75, 3.05) is 31.6 Å². The third-order valence-corrected chi connectivity index (χ3v) is 3.97. The number of nitrogens with zero attached hydrogens (tertiary/aromatic N) is 1. The van der Waals surface area contributed by atoms with E-state index in [2.05, 4.69) is 5.32 Å². The first-order valence-corrected chi connectivity index (χ1v) is 7.89. The zero-order chi connectivity index (χ0) is 17.8. The van der Waals surface area contributed by atoms with Crippen molar-refractivity contribution in [3.05, 3.63) is 59.7 Å². The second-order valence-corrected chi connectivity index (χ2v) is 5.86. The number of ether oxygens (including phenoxy) is 1. The van der Waals surface area contributed by atoms with Crippen LogP contribution in [-0.2, 0) is 9.53 Å². The molecule has 3 rings (SSSR count). The number of benzene rings is 2. The Morgan fingerprint density at radius 2 is 2.12 bits per heavy atom. The standard InChI is InChI=1S/C18H18F2N2O3/c19-13-4-5-16(15(20)9-13)21-18(24)11-22-6-7-25-17(10-22)12-2-1-3-14(23)8-12/h1-5,8-9,17,23H,6-7,10-11H2,(H,21,24). The predicted octanol–water partition coefficient (Wildman–Crippen LogP) is 2.68. The number of phenolic OH excluding ortho intramolecular Hbond substituents is 1. The van der Waals surface area contributed by atoms with Crippen LogP contribution in [0.1, 0.15) is 11.7 Å². The fraction of sp³-hybridized carbons (Fsp3) is 0.278. The molecule has 2 N–H and O–H groups in total. The minimum absolute atomic E-state index is 0.0517. The molecule has 132 valence electrons. The summed E-state index contributed by atoms with van der Waals surface area (Å²) in [6.07, 6.45) is -0.254. The number of halogens is 2. The molecule has 2 aromatic carbocycles. The van der Waals surface area contributed by atoms with Gasteiger partial charge >= 0.3 is 0 Å². The highest BCUT2D eigenvalue weighted by atomic mass is 19.1. The Hall–Kier alpha value is -2.51. The molecule has 1 atom stereocenters. The lowest BCUT2D eigenvalue weighted by atomic mass is 10.1. The lowest BCUT2D eigenvalue weighted by Gasteiger charge is -2.32. The SMILES string of the molecule is O=C(CN1CCOC(c2cccc(O)c2)C1)Nc1ccc(F)cc1F. The van der Waals surface area contributed by atoms with Crippen LogP contribution in [0.15, 0.2) is 42.5 Å². The van der Waals surface area contributed by atoms with E-state index in [0.29, 0.717) is 19.7 Å². The smallest absolute Gasteiger partial charge is 0.238 e. The summed E-state index contributed by atoms with van der Waals surface area (Å²) in [5, 5.41) is 12.0. The van der Waals surface area contributed by atoms with Crippen molar-refractivity contribution in [1.29, 1.82) is 0 Å². The molecule has 0 aromatic heterocycles. The first kappa shape index (κ1) is 17.3. The van der Waals surface area contributed by atoms with Crippen molar-refractivity contribution in [3.8, 4) is 5.75 Å². The van der Waals surface area contributed by atoms with E-state index in [9.17, 15) is 18.7 Å². The fourth-order valence-electron chi connectivity index (χ4n) is 2.76. The van der Waals surface area contributed by atoms with Gasteiger partial charge in [-0.2, -0.15) is 0 Å². The van der Waals surface area contributed by atoms with Gasteiger partial charge < -0.3 is 15.2 Å². The summed E-state index contributed by atoms with van der Waals surface area (Å²) in [6, 6.07) is 9.79. The molecule has 25 heavy (non-hydrogen) atoms. The van der Waals surface area contributed by atoms with Gasteiger partial charge in [-0.15, -0.1) is 0 Å². The number of amides is 1. The lowest BCUT2D eigenvalue weighted by Crippen LogP contribution is -2.42. The zero-order valence-electron chi connectivity index (χ0n) is 13.4. The molecule has 0 aliphatic carbocycles. The number of rotatable bonds is 4. The highest BCUT2D eigenvalue weighted by molar-refractivity contribution is 5.92. The van der Waals surface area contributed by atoms with E-state index in [0.717, 1.165) is 17.7 Å². The monoisotopic (exact) mass is 348 g/mol. The molecule has 2 aromatic rings. The molecule has 1 saturated heterocycles. The van der Waals surface area contributed by atoms with Gasteiger partial charge in [0.2, 0.25) is 5.91 Å². The number of hydrogen-bond donors (Lipinski definition) is 2. The average molecular weight is 348 g/mol. The molecule has 7 heteroatoms. The van der Waals surface area contributed by atoms with E-state index < -0.39 is 11.6 Å². The Morgan fingerprint density at radius 3 is 2.88 bits per heavy atom. The van der Waals surface area contributed by atoms with E-state index in [1.54, 1.807) is 18.2 Å². The second-order valence-electron chi connectivity index (χ2n) is 5.86. The zero-order valence-corrected chi connectivity index (χ0v) is 13.4. The maximum Gasteiger partial charge on any atom is 0.238 e. The van der Waals surface area contributed by atoms with Crippen LogP contribution >= 0.6 is 0 Å². The molecular weight excluding hydrogens is 330 g/mol. The van der Waals surface area contributed by atoms with Crippen LogP contribution in [0.3, 0.4) is 0 Å². The van der Waals surface area contributed by atoms with Crippen LogP contribution in [0.25, 0.3) is 0 Å². The molecule has 0 saturated carbocycles. The van der Waals surface area contributed by atoms with Crippen LogP contribution in [0.4, 0.5) is 14.5 Å². The quantitative estimate of drug-likeness (QED) is 0.892. The maximum absolute atomic E-state index is 13.6. The van der Waals surface area contributed by atoms with Crippen molar-refractivity contribution >= 4 is 11.6 Å². The van der Waals surface area contributed by atoms with Crippen molar-refractivity contribution in [2.24, 2.45) is 0 Å². The Balaban J connectivity index is 1.59. The van der Waals surface area contributed by atoms with Gasteiger partial charge in [-0.3, -0.25) is 9.69 Å². The Bertz CT molecular complexity index is 770. The Morgan fingerprint density at radius 1 is 1.28 bits per heavy atom. The number of nitrogens with one attached hydrogen (secondary N) is 1. The third kappa shape index (κ3) is 4.52. The topological polar surface area (TPSA) is 61.8 Å². The minimum Gasteiger partial charge on any atom is -0.508 e. The summed E-state index contributed by atoms with van der Waals surface area (Å²) in [5.41, 5.74) is 0.777. The van der Waals surface area contributed by atoms with Gasteiger partial charge in [0.25, 0.3) is 0 Å². The lowest BCUT2D eigenvalue weighted by molar-refractivity contribution is -0.119. The summed E-state index contributed by atoms with van der Waals surface area (Å²) >= 11 is 0. The molecular formula is C18H18F2N2O3. The maximum atomic E-state index is 13.6. The summed E-state index contributed by atoms with van der Waals surface area (Å²) < 4.78 is 32.2. The van der Waals surface area contributed by atoms with Crippen LogP contribution in [0, 0.1) is 11.6 Å². The first-order chi connectivity index (χ1) is 12.0. The number of morpholine rings is 1. The van der Waals surface area contributed by atoms with Crippen molar-refractivity contribution in [1.82, 2.24) is 4.90 Å². The molecule has 0 bridgehead atoms. The van der Waals surface area contributed by atoms with Gasteiger partial charge in [0.05, 0.1) is 24.9 Å². The van der Waals surface area contributed by atoms with Crippen LogP contribution in [0.2, 0.25) is 0 Å². The molecule has 1 unspecified atom stereocenters. The minimum atomic E-state index is -0.812. The van der Waals surface area contributed by atoms with E-state index in [-0.39, 0.29) is 30.0 Å². The fourth-order valence-corrected chi connectivity index (χ4v) is 2.76. The molecule has 0 spiro atoms. The summed E-state index contributed by atoms with van der Waals surface area (Å²) in [7, 11) is 0. The normalized spacial score (nSPS) is 18.1. The van der Waals surface area contributed by atoms with Crippen molar-refractivity contribution in [2.45, 2.75) is 6.10 Å². The average Bonchev–Trinajstić information content (AvgIpc) is 2.58. The first-order valence-electron chi connectivity index (χ1n) is 7.89. The number of aromatic hydroxyl groups is 1. The van der Waals surface area contributed by atoms with E-state index in [1.807, 2.05) is 11.0 Å².